The summed E-state index contributed by atoms with van der Waals surface area (Å²) in [5.74, 6) is -0.667. The van der Waals surface area contributed by atoms with Crippen LogP contribution >= 0.6 is 15.6 Å². The van der Waals surface area contributed by atoms with Crippen molar-refractivity contribution < 1.29 is 80.2 Å². The summed E-state index contributed by atoms with van der Waals surface area (Å²) in [6.45, 7) is 9.40. The van der Waals surface area contributed by atoms with Crippen molar-refractivity contribution in [3.63, 3.8) is 0 Å². The van der Waals surface area contributed by atoms with Gasteiger partial charge in [-0.05, 0) is 37.5 Å². The van der Waals surface area contributed by atoms with Crippen LogP contribution in [-0.4, -0.2) is 96.7 Å². The molecule has 0 saturated heterocycles. The number of hydrogen-bond acceptors (Lipinski definition) is 15. The van der Waals surface area contributed by atoms with E-state index in [0.29, 0.717) is 25.7 Å². The first-order valence-electron chi connectivity index (χ1n) is 33.0. The Morgan fingerprint density at radius 1 is 0.354 bits per heavy atom. The van der Waals surface area contributed by atoms with Crippen molar-refractivity contribution in [2.75, 3.05) is 39.6 Å². The maximum atomic E-state index is 13.0. The number of phosphoric acid groups is 2. The second-order valence-electron chi connectivity index (χ2n) is 23.5. The van der Waals surface area contributed by atoms with Crippen LogP contribution in [0.5, 0.6) is 0 Å². The number of hydrogen-bond donors (Lipinski definition) is 3. The fourth-order valence-corrected chi connectivity index (χ4v) is 10.9. The van der Waals surface area contributed by atoms with Gasteiger partial charge in [0, 0.05) is 25.7 Å². The summed E-state index contributed by atoms with van der Waals surface area (Å²) in [5.41, 5.74) is 0. The summed E-state index contributed by atoms with van der Waals surface area (Å²) in [6.07, 6.45) is 37.6. The van der Waals surface area contributed by atoms with Crippen molar-refractivity contribution in [3.8, 4) is 0 Å². The highest BCUT2D eigenvalue weighted by Gasteiger charge is 2.30. The summed E-state index contributed by atoms with van der Waals surface area (Å²) in [6, 6.07) is 0. The van der Waals surface area contributed by atoms with Gasteiger partial charge >= 0.3 is 39.5 Å². The summed E-state index contributed by atoms with van der Waals surface area (Å²) >= 11 is 0. The molecule has 0 aliphatic heterocycles. The van der Waals surface area contributed by atoms with E-state index in [1.165, 1.54) is 122 Å². The predicted octanol–water partition coefficient (Wildman–Crippen LogP) is 17.3. The van der Waals surface area contributed by atoms with E-state index < -0.39 is 97.5 Å². The molecule has 0 heterocycles. The molecule has 0 radical (unpaired) electrons. The molecule has 3 unspecified atom stereocenters. The molecule has 0 aliphatic rings. The first-order chi connectivity index (χ1) is 39.4. The lowest BCUT2D eigenvalue weighted by Gasteiger charge is -2.21. The van der Waals surface area contributed by atoms with E-state index in [1.807, 2.05) is 0 Å². The summed E-state index contributed by atoms with van der Waals surface area (Å²) in [5, 5.41) is 10.5. The maximum Gasteiger partial charge on any atom is 0.472 e. The third kappa shape index (κ3) is 55.9. The number of esters is 4. The van der Waals surface area contributed by atoms with Crippen LogP contribution in [0.15, 0.2) is 0 Å². The zero-order valence-corrected chi connectivity index (χ0v) is 54.6. The number of aliphatic hydroxyl groups is 1. The second kappa shape index (κ2) is 55.6. The number of carbonyl (C=O) groups is 4. The number of rotatable bonds is 62. The molecule has 19 heteroatoms. The zero-order valence-electron chi connectivity index (χ0n) is 52.8. The lowest BCUT2D eigenvalue weighted by molar-refractivity contribution is -0.161. The molecule has 0 spiro atoms. The van der Waals surface area contributed by atoms with E-state index in [0.717, 1.165) is 108 Å². The minimum absolute atomic E-state index is 0.103. The summed E-state index contributed by atoms with van der Waals surface area (Å²) in [7, 11) is -9.88. The van der Waals surface area contributed by atoms with Gasteiger partial charge in [-0.3, -0.25) is 37.3 Å². The molecular weight excluding hydrogens is 1090 g/mol. The average Bonchev–Trinajstić information content (AvgIpc) is 3.44. The maximum absolute atomic E-state index is 13.0. The van der Waals surface area contributed by atoms with Crippen molar-refractivity contribution in [3.05, 3.63) is 0 Å². The number of ether oxygens (including phenoxy) is 4. The van der Waals surface area contributed by atoms with E-state index in [1.54, 1.807) is 0 Å². The number of phosphoric ester groups is 2. The van der Waals surface area contributed by atoms with Crippen molar-refractivity contribution >= 4 is 39.5 Å². The molecule has 486 valence electrons. The Bertz CT molecular complexity index is 1620. The monoisotopic (exact) mass is 1210 g/mol. The largest absolute Gasteiger partial charge is 0.472 e. The molecule has 6 atom stereocenters. The molecule has 0 aromatic heterocycles. The molecule has 0 aromatic rings. The van der Waals surface area contributed by atoms with Gasteiger partial charge in [0.05, 0.1) is 26.4 Å². The van der Waals surface area contributed by atoms with E-state index in [9.17, 15) is 43.2 Å². The minimum atomic E-state index is -4.94. The molecule has 17 nitrogen and oxygen atoms in total. The van der Waals surface area contributed by atoms with E-state index >= 15 is 0 Å². The van der Waals surface area contributed by atoms with Crippen LogP contribution in [0.2, 0.25) is 0 Å². The van der Waals surface area contributed by atoms with Crippen LogP contribution in [0.25, 0.3) is 0 Å². The summed E-state index contributed by atoms with van der Waals surface area (Å²) in [4.78, 5) is 72.1. The lowest BCUT2D eigenvalue weighted by Crippen LogP contribution is -2.30. The van der Waals surface area contributed by atoms with Crippen LogP contribution in [0.4, 0.5) is 0 Å². The van der Waals surface area contributed by atoms with Crippen LogP contribution in [-0.2, 0) is 65.4 Å². The topological polar surface area (TPSA) is 237 Å². The zero-order chi connectivity index (χ0) is 60.8. The first-order valence-corrected chi connectivity index (χ1v) is 36.0. The van der Waals surface area contributed by atoms with Gasteiger partial charge in [0.15, 0.2) is 12.2 Å². The van der Waals surface area contributed by atoms with Gasteiger partial charge in [0.1, 0.15) is 19.3 Å². The second-order valence-corrected chi connectivity index (χ2v) is 26.4. The summed E-state index contributed by atoms with van der Waals surface area (Å²) < 4.78 is 67.9. The molecular formula is C63H122O17P2. The Balaban J connectivity index is 5.24. The van der Waals surface area contributed by atoms with Gasteiger partial charge in [-0.1, -0.05) is 260 Å². The standard InChI is InChI=1S/C63H122O17P2/c1-7-10-12-14-16-18-19-23-27-34-40-46-61(66)74-51-58(79-62(67)47-41-35-28-24-21-20-22-25-31-37-43-55(4)5)53-77-81(69,70)75-49-57(64)50-76-82(71,72)78-54-59(52-73-60(65)45-39-33-26-17-15-13-11-8-2)80-63(68)48-42-36-30-29-32-38-44-56(6)9-3/h55-59,64H,7-54H2,1-6H3,(H,69,70)(H,71,72)/t56?,57-,58-,59-/m1/s1. The number of aliphatic hydroxyl groups excluding tert-OH is 1. The Labute approximate surface area is 498 Å². The van der Waals surface area contributed by atoms with Crippen LogP contribution in [0, 0.1) is 11.8 Å². The Morgan fingerprint density at radius 2 is 0.622 bits per heavy atom. The normalized spacial score (nSPS) is 14.7. The fraction of sp³-hybridized carbons (Fsp3) is 0.937. The van der Waals surface area contributed by atoms with Crippen LogP contribution in [0.3, 0.4) is 0 Å². The molecule has 0 aliphatic carbocycles. The molecule has 0 rings (SSSR count). The first kappa shape index (κ1) is 80.1. The van der Waals surface area contributed by atoms with Crippen molar-refractivity contribution in [1.29, 1.82) is 0 Å². The van der Waals surface area contributed by atoms with Crippen LogP contribution in [0.1, 0.15) is 311 Å². The molecule has 0 amide bonds. The Hall–Kier alpha value is -1.94. The van der Waals surface area contributed by atoms with Gasteiger partial charge in [0.2, 0.25) is 0 Å². The molecule has 0 aromatic carbocycles. The molecule has 0 saturated carbocycles. The highest BCUT2D eigenvalue weighted by atomic mass is 31.2. The number of carbonyl (C=O) groups excluding carboxylic acids is 4. The van der Waals surface area contributed by atoms with Gasteiger partial charge in [-0.2, -0.15) is 0 Å². The predicted molar refractivity (Wildman–Crippen MR) is 326 cm³/mol. The molecule has 3 N–H and O–H groups in total. The van der Waals surface area contributed by atoms with Gasteiger partial charge < -0.3 is 33.8 Å². The van der Waals surface area contributed by atoms with Crippen LogP contribution < -0.4 is 0 Å². The van der Waals surface area contributed by atoms with Gasteiger partial charge in [-0.15, -0.1) is 0 Å². The quantitative estimate of drug-likeness (QED) is 0.0222. The highest BCUT2D eigenvalue weighted by Crippen LogP contribution is 2.45. The number of unbranched alkanes of at least 4 members (excludes halogenated alkanes) is 31. The molecule has 82 heavy (non-hydrogen) atoms. The van der Waals surface area contributed by atoms with Gasteiger partial charge in [0.25, 0.3) is 0 Å². The fourth-order valence-electron chi connectivity index (χ4n) is 9.32. The van der Waals surface area contributed by atoms with E-state index in [2.05, 4.69) is 41.5 Å². The minimum Gasteiger partial charge on any atom is -0.462 e. The lowest BCUT2D eigenvalue weighted by atomic mass is 10.00. The Morgan fingerprint density at radius 3 is 0.927 bits per heavy atom. The van der Waals surface area contributed by atoms with Crippen molar-refractivity contribution in [1.82, 2.24) is 0 Å². The highest BCUT2D eigenvalue weighted by molar-refractivity contribution is 7.47. The molecule has 0 bridgehead atoms. The third-order valence-electron chi connectivity index (χ3n) is 14.8. The Kier molecular flexibility index (Phi) is 54.3. The van der Waals surface area contributed by atoms with E-state index in [-0.39, 0.29) is 25.7 Å². The average molecular weight is 1210 g/mol. The molecule has 0 fully saturated rings. The third-order valence-corrected chi connectivity index (χ3v) is 16.7. The van der Waals surface area contributed by atoms with Gasteiger partial charge in [-0.25, -0.2) is 9.13 Å². The van der Waals surface area contributed by atoms with Crippen molar-refractivity contribution in [2.24, 2.45) is 11.8 Å². The van der Waals surface area contributed by atoms with E-state index in [4.69, 9.17) is 37.0 Å². The smallest absolute Gasteiger partial charge is 0.462 e. The van der Waals surface area contributed by atoms with Crippen molar-refractivity contribution in [2.45, 2.75) is 330 Å². The SMILES string of the molecule is CCCCCCCCCCCCCC(=O)OC[C@H](COP(=O)(O)OC[C@@H](O)COP(=O)(O)OC[C@@H](COC(=O)CCCCCCCCCC)OC(=O)CCCCCCCCC(C)CC)OC(=O)CCCCCCCCCCCCC(C)C.